The number of nitrogens with two attached hydrogens (primary N) is 1. The summed E-state index contributed by atoms with van der Waals surface area (Å²) >= 11 is 1.53. The molecule has 84 valence electrons. The Morgan fingerprint density at radius 3 is 2.67 bits per heavy atom. The van der Waals surface area contributed by atoms with Gasteiger partial charge in [-0.15, -0.1) is 0 Å². The molecule has 1 saturated carbocycles. The van der Waals surface area contributed by atoms with Gasteiger partial charge in [0.05, 0.1) is 0 Å². The lowest BCUT2D eigenvalue weighted by Gasteiger charge is -2.27. The maximum Gasteiger partial charge on any atom is 0.139 e. The Kier molecular flexibility index (Phi) is 3.70. The van der Waals surface area contributed by atoms with Crippen LogP contribution in [0.2, 0.25) is 0 Å². The Bertz CT molecular complexity index is 305. The summed E-state index contributed by atoms with van der Waals surface area (Å²) in [7, 11) is 0. The van der Waals surface area contributed by atoms with Crippen LogP contribution in [0.15, 0.2) is 0 Å². The number of rotatable bonds is 3. The topological polar surface area (TPSA) is 51.8 Å². The molecule has 4 heteroatoms. The summed E-state index contributed by atoms with van der Waals surface area (Å²) in [6, 6.07) is 0. The highest BCUT2D eigenvalue weighted by Gasteiger charge is 2.26. The van der Waals surface area contributed by atoms with Gasteiger partial charge in [-0.3, -0.25) is 0 Å². The first kappa shape index (κ1) is 11.0. The van der Waals surface area contributed by atoms with Gasteiger partial charge in [0.25, 0.3) is 0 Å². The lowest BCUT2D eigenvalue weighted by molar-refractivity contribution is 0.307. The van der Waals surface area contributed by atoms with Crippen molar-refractivity contribution in [1.82, 2.24) is 9.36 Å². The summed E-state index contributed by atoms with van der Waals surface area (Å²) in [4.78, 5) is 4.48. The van der Waals surface area contributed by atoms with E-state index in [1.807, 2.05) is 6.92 Å². The number of hydrogen-bond acceptors (Lipinski definition) is 4. The number of nitrogens with zero attached hydrogens (tertiary/aromatic N) is 2. The minimum atomic E-state index is 0.455. The quantitative estimate of drug-likeness (QED) is 0.859. The van der Waals surface area contributed by atoms with Crippen molar-refractivity contribution in [3.8, 4) is 0 Å². The van der Waals surface area contributed by atoms with Gasteiger partial charge in [0.15, 0.2) is 0 Å². The average molecular weight is 225 g/mol. The third kappa shape index (κ3) is 2.55. The second-order valence-corrected chi connectivity index (χ2v) is 5.20. The van der Waals surface area contributed by atoms with Crippen molar-refractivity contribution >= 4 is 11.5 Å². The van der Waals surface area contributed by atoms with Crippen LogP contribution in [0.1, 0.15) is 48.9 Å². The van der Waals surface area contributed by atoms with Crippen LogP contribution in [0.5, 0.6) is 0 Å². The highest BCUT2D eigenvalue weighted by atomic mass is 32.1. The summed E-state index contributed by atoms with van der Waals surface area (Å²) in [5, 5.41) is 1.15. The van der Waals surface area contributed by atoms with Crippen molar-refractivity contribution in [3.05, 3.63) is 10.8 Å². The molecule has 2 N–H and O–H groups in total. The minimum absolute atomic E-state index is 0.455. The molecule has 2 rings (SSSR count). The minimum Gasteiger partial charge on any atom is -0.330 e. The van der Waals surface area contributed by atoms with Crippen molar-refractivity contribution in [3.63, 3.8) is 0 Å². The Hall–Kier alpha value is -0.480. The van der Waals surface area contributed by atoms with E-state index in [9.17, 15) is 0 Å². The molecule has 1 unspecified atom stereocenters. The Labute approximate surface area is 95.3 Å². The van der Waals surface area contributed by atoms with Gasteiger partial charge in [-0.2, -0.15) is 4.37 Å². The Morgan fingerprint density at radius 2 is 2.13 bits per heavy atom. The van der Waals surface area contributed by atoms with E-state index in [1.54, 1.807) is 0 Å². The predicted molar refractivity (Wildman–Crippen MR) is 63.0 cm³/mol. The van der Waals surface area contributed by atoms with Gasteiger partial charge < -0.3 is 5.73 Å². The molecule has 0 saturated heterocycles. The second-order valence-electron chi connectivity index (χ2n) is 4.42. The van der Waals surface area contributed by atoms with Crippen LogP contribution in [0.3, 0.4) is 0 Å². The molecule has 1 aromatic heterocycles. The fourth-order valence-electron chi connectivity index (χ4n) is 2.50. The third-order valence-corrected chi connectivity index (χ3v) is 4.27. The lowest BCUT2D eigenvalue weighted by atomic mass is 9.80. The highest BCUT2D eigenvalue weighted by molar-refractivity contribution is 7.05. The largest absolute Gasteiger partial charge is 0.330 e. The van der Waals surface area contributed by atoms with Gasteiger partial charge in [0.1, 0.15) is 10.8 Å². The molecule has 0 aromatic carbocycles. The molecule has 0 aliphatic heterocycles. The standard InChI is InChI=1S/C11H19N3S/c1-8-13-11(15-14-8)10(7-12)9-5-3-2-4-6-9/h9-10H,2-7,12H2,1H3. The summed E-state index contributed by atoms with van der Waals surface area (Å²) in [5.74, 6) is 2.09. The maximum absolute atomic E-state index is 5.88. The summed E-state index contributed by atoms with van der Waals surface area (Å²) in [6.07, 6.45) is 6.75. The van der Waals surface area contributed by atoms with Crippen LogP contribution in [0.4, 0.5) is 0 Å². The van der Waals surface area contributed by atoms with Crippen molar-refractivity contribution in [2.24, 2.45) is 11.7 Å². The van der Waals surface area contributed by atoms with E-state index in [0.29, 0.717) is 5.92 Å². The van der Waals surface area contributed by atoms with E-state index in [0.717, 1.165) is 23.3 Å². The SMILES string of the molecule is Cc1nsc(C(CN)C2CCCCC2)n1. The maximum atomic E-state index is 5.88. The molecule has 1 heterocycles. The van der Waals surface area contributed by atoms with Gasteiger partial charge in [-0.25, -0.2) is 4.98 Å². The summed E-state index contributed by atoms with van der Waals surface area (Å²) < 4.78 is 4.26. The Balaban J connectivity index is 2.08. The van der Waals surface area contributed by atoms with Gasteiger partial charge in [0, 0.05) is 12.5 Å². The van der Waals surface area contributed by atoms with Gasteiger partial charge in [-0.1, -0.05) is 19.3 Å². The van der Waals surface area contributed by atoms with Crippen LogP contribution >= 0.6 is 11.5 Å². The first-order valence-corrected chi connectivity index (χ1v) is 6.59. The predicted octanol–water partition coefficient (Wildman–Crippen LogP) is 2.47. The molecule has 0 spiro atoms. The van der Waals surface area contributed by atoms with E-state index in [1.165, 1.54) is 43.6 Å². The number of aromatic nitrogens is 2. The van der Waals surface area contributed by atoms with Crippen molar-refractivity contribution in [2.45, 2.75) is 44.9 Å². The first-order valence-electron chi connectivity index (χ1n) is 5.81. The van der Waals surface area contributed by atoms with E-state index in [4.69, 9.17) is 5.73 Å². The average Bonchev–Trinajstić information content (AvgIpc) is 2.68. The molecule has 0 radical (unpaired) electrons. The van der Waals surface area contributed by atoms with Crippen molar-refractivity contribution in [2.75, 3.05) is 6.54 Å². The fraction of sp³-hybridized carbons (Fsp3) is 0.818. The summed E-state index contributed by atoms with van der Waals surface area (Å²) in [6.45, 7) is 2.67. The molecule has 3 nitrogen and oxygen atoms in total. The molecule has 1 atom stereocenters. The van der Waals surface area contributed by atoms with Crippen molar-refractivity contribution in [1.29, 1.82) is 0 Å². The smallest absolute Gasteiger partial charge is 0.139 e. The van der Waals surface area contributed by atoms with E-state index in [-0.39, 0.29) is 0 Å². The van der Waals surface area contributed by atoms with Crippen LogP contribution in [-0.4, -0.2) is 15.9 Å². The molecule has 15 heavy (non-hydrogen) atoms. The lowest BCUT2D eigenvalue weighted by Crippen LogP contribution is -2.23. The van der Waals surface area contributed by atoms with E-state index < -0.39 is 0 Å². The number of hydrogen-bond donors (Lipinski definition) is 1. The zero-order chi connectivity index (χ0) is 10.7. The van der Waals surface area contributed by atoms with Crippen LogP contribution < -0.4 is 5.73 Å². The molecule has 1 aliphatic rings. The molecular formula is C11H19N3S. The Morgan fingerprint density at radius 1 is 1.40 bits per heavy atom. The van der Waals surface area contributed by atoms with Gasteiger partial charge >= 0.3 is 0 Å². The highest BCUT2D eigenvalue weighted by Crippen LogP contribution is 2.35. The molecule has 1 fully saturated rings. The third-order valence-electron chi connectivity index (χ3n) is 3.33. The normalized spacial score (nSPS) is 20.4. The molecular weight excluding hydrogens is 206 g/mol. The van der Waals surface area contributed by atoms with E-state index >= 15 is 0 Å². The van der Waals surface area contributed by atoms with Crippen LogP contribution in [0.25, 0.3) is 0 Å². The van der Waals surface area contributed by atoms with Gasteiger partial charge in [-0.05, 0) is 37.2 Å². The monoisotopic (exact) mass is 225 g/mol. The second kappa shape index (κ2) is 5.03. The molecule has 0 amide bonds. The van der Waals surface area contributed by atoms with E-state index in [2.05, 4.69) is 9.36 Å². The molecule has 1 aromatic rings. The number of aryl methyl sites for hydroxylation is 1. The van der Waals surface area contributed by atoms with Crippen LogP contribution in [-0.2, 0) is 0 Å². The molecule has 0 bridgehead atoms. The zero-order valence-corrected chi connectivity index (χ0v) is 10.1. The molecule has 1 aliphatic carbocycles. The first-order chi connectivity index (χ1) is 7.31. The van der Waals surface area contributed by atoms with Crippen molar-refractivity contribution < 1.29 is 0 Å². The summed E-state index contributed by atoms with van der Waals surface area (Å²) in [5.41, 5.74) is 5.88. The van der Waals surface area contributed by atoms with Crippen LogP contribution in [0, 0.1) is 12.8 Å². The fourth-order valence-corrected chi connectivity index (χ4v) is 3.36. The van der Waals surface area contributed by atoms with Gasteiger partial charge in [0.2, 0.25) is 0 Å². The zero-order valence-electron chi connectivity index (χ0n) is 9.28.